The number of aromatic carboxylic acids is 1. The number of carboxylic acid groups (broad SMARTS) is 1. The van der Waals surface area contributed by atoms with E-state index in [0.717, 1.165) is 10.9 Å². The zero-order valence-corrected chi connectivity index (χ0v) is 8.45. The van der Waals surface area contributed by atoms with Gasteiger partial charge in [0.25, 0.3) is 0 Å². The molecule has 4 heteroatoms. The molecule has 1 heterocycles. The molecule has 0 amide bonds. The molecular weight excluding hydrogens is 204 g/mol. The summed E-state index contributed by atoms with van der Waals surface area (Å²) in [7, 11) is 0. The predicted molar refractivity (Wildman–Crippen MR) is 61.2 cm³/mol. The summed E-state index contributed by atoms with van der Waals surface area (Å²) in [5.74, 6) is 4.45. The van der Waals surface area contributed by atoms with E-state index < -0.39 is 5.97 Å². The van der Waals surface area contributed by atoms with Crippen molar-refractivity contribution in [2.75, 3.05) is 6.54 Å². The van der Waals surface area contributed by atoms with Crippen molar-refractivity contribution < 1.29 is 9.90 Å². The lowest BCUT2D eigenvalue weighted by molar-refractivity contribution is 0.0691. The maximum atomic E-state index is 11.0. The molecule has 2 rings (SSSR count). The van der Waals surface area contributed by atoms with Crippen LogP contribution in [0.5, 0.6) is 0 Å². The number of carbonyl (C=O) groups is 1. The number of carboxylic acids is 1. The highest BCUT2D eigenvalue weighted by atomic mass is 16.4. The molecule has 0 aliphatic heterocycles. The van der Waals surface area contributed by atoms with E-state index in [-0.39, 0.29) is 12.2 Å². The summed E-state index contributed by atoms with van der Waals surface area (Å²) >= 11 is 0. The van der Waals surface area contributed by atoms with Gasteiger partial charge < -0.3 is 15.8 Å². The molecule has 0 aliphatic carbocycles. The van der Waals surface area contributed by atoms with Crippen molar-refractivity contribution in [2.45, 2.75) is 0 Å². The Labute approximate surface area is 92.1 Å². The van der Waals surface area contributed by atoms with Gasteiger partial charge in [0.1, 0.15) is 5.69 Å². The normalized spacial score (nSPS) is 9.81. The quantitative estimate of drug-likeness (QED) is 0.623. The lowest BCUT2D eigenvalue weighted by Crippen LogP contribution is -1.99. The first-order valence-corrected chi connectivity index (χ1v) is 4.77. The van der Waals surface area contributed by atoms with E-state index in [9.17, 15) is 4.79 Å². The highest BCUT2D eigenvalue weighted by Crippen LogP contribution is 2.21. The van der Waals surface area contributed by atoms with Gasteiger partial charge in [-0.3, -0.25) is 0 Å². The second-order valence-corrected chi connectivity index (χ2v) is 3.23. The Balaban J connectivity index is 2.74. The van der Waals surface area contributed by atoms with Gasteiger partial charge in [-0.15, -0.1) is 0 Å². The van der Waals surface area contributed by atoms with Gasteiger partial charge in [0.15, 0.2) is 0 Å². The summed E-state index contributed by atoms with van der Waals surface area (Å²) in [4.78, 5) is 13.9. The first-order valence-electron chi connectivity index (χ1n) is 4.77. The Morgan fingerprint density at radius 3 is 2.88 bits per heavy atom. The minimum atomic E-state index is -1.02. The molecular formula is C12H10N2O2. The van der Waals surface area contributed by atoms with Crippen LogP contribution in [0, 0.1) is 11.8 Å². The first-order chi connectivity index (χ1) is 7.74. The molecule has 0 saturated heterocycles. The monoisotopic (exact) mass is 214 g/mol. The summed E-state index contributed by atoms with van der Waals surface area (Å²) in [6.07, 6.45) is 0. The fourth-order valence-electron chi connectivity index (χ4n) is 1.57. The van der Waals surface area contributed by atoms with Crippen LogP contribution in [0.2, 0.25) is 0 Å². The van der Waals surface area contributed by atoms with E-state index in [1.807, 2.05) is 24.3 Å². The Bertz CT molecular complexity index is 602. The van der Waals surface area contributed by atoms with Crippen molar-refractivity contribution in [3.63, 3.8) is 0 Å². The van der Waals surface area contributed by atoms with E-state index in [1.165, 1.54) is 0 Å². The van der Waals surface area contributed by atoms with E-state index in [4.69, 9.17) is 10.8 Å². The van der Waals surface area contributed by atoms with Gasteiger partial charge in [-0.25, -0.2) is 4.79 Å². The van der Waals surface area contributed by atoms with E-state index in [1.54, 1.807) is 0 Å². The molecule has 80 valence electrons. The first kappa shape index (κ1) is 10.3. The molecule has 4 nitrogen and oxygen atoms in total. The van der Waals surface area contributed by atoms with Crippen LogP contribution in [0.25, 0.3) is 10.9 Å². The molecule has 1 aromatic heterocycles. The SMILES string of the molecule is NCC#Cc1c(C(=O)O)[nH]c2ccccc12. The molecule has 4 N–H and O–H groups in total. The average molecular weight is 214 g/mol. The van der Waals surface area contributed by atoms with Crippen molar-refractivity contribution in [2.24, 2.45) is 5.73 Å². The second-order valence-electron chi connectivity index (χ2n) is 3.23. The van der Waals surface area contributed by atoms with E-state index >= 15 is 0 Å². The zero-order valence-electron chi connectivity index (χ0n) is 8.45. The number of hydrogen-bond donors (Lipinski definition) is 3. The maximum Gasteiger partial charge on any atom is 0.353 e. The average Bonchev–Trinajstić information content (AvgIpc) is 2.65. The molecule has 0 unspecified atom stereocenters. The number of rotatable bonds is 1. The van der Waals surface area contributed by atoms with Crippen LogP contribution >= 0.6 is 0 Å². The predicted octanol–water partition coefficient (Wildman–Crippen LogP) is 1.18. The second kappa shape index (κ2) is 4.09. The standard InChI is InChI=1S/C12H10N2O2/c13-7-3-5-9-8-4-1-2-6-10(8)14-11(9)12(15)16/h1-2,4,6,14H,7,13H2,(H,15,16). The highest BCUT2D eigenvalue weighted by molar-refractivity contribution is 5.99. The van der Waals surface area contributed by atoms with E-state index in [2.05, 4.69) is 16.8 Å². The van der Waals surface area contributed by atoms with Gasteiger partial charge in [-0.2, -0.15) is 0 Å². The van der Waals surface area contributed by atoms with Crippen molar-refractivity contribution in [3.05, 3.63) is 35.5 Å². The number of nitrogens with two attached hydrogens (primary N) is 1. The van der Waals surface area contributed by atoms with Crippen LogP contribution in [0.4, 0.5) is 0 Å². The molecule has 0 radical (unpaired) electrons. The highest BCUT2D eigenvalue weighted by Gasteiger charge is 2.14. The van der Waals surface area contributed by atoms with Crippen LogP contribution < -0.4 is 5.73 Å². The molecule has 2 aromatic rings. The van der Waals surface area contributed by atoms with E-state index in [0.29, 0.717) is 5.56 Å². The lowest BCUT2D eigenvalue weighted by atomic mass is 10.1. The van der Waals surface area contributed by atoms with Gasteiger partial charge in [0, 0.05) is 10.9 Å². The molecule has 16 heavy (non-hydrogen) atoms. The van der Waals surface area contributed by atoms with Crippen LogP contribution in [0.3, 0.4) is 0 Å². The summed E-state index contributed by atoms with van der Waals surface area (Å²) < 4.78 is 0. The molecule has 0 fully saturated rings. The lowest BCUT2D eigenvalue weighted by Gasteiger charge is -1.90. The molecule has 0 atom stereocenters. The Morgan fingerprint density at radius 1 is 1.44 bits per heavy atom. The van der Waals surface area contributed by atoms with Crippen molar-refractivity contribution >= 4 is 16.9 Å². The number of H-pyrrole nitrogens is 1. The number of benzene rings is 1. The summed E-state index contributed by atoms with van der Waals surface area (Å²) in [5, 5.41) is 9.84. The Morgan fingerprint density at radius 2 is 2.19 bits per heavy atom. The number of hydrogen-bond acceptors (Lipinski definition) is 2. The number of aromatic nitrogens is 1. The number of fused-ring (bicyclic) bond motifs is 1. The van der Waals surface area contributed by atoms with Gasteiger partial charge in [-0.1, -0.05) is 30.0 Å². The topological polar surface area (TPSA) is 79.1 Å². The number of para-hydroxylation sites is 1. The zero-order chi connectivity index (χ0) is 11.5. The molecule has 0 spiro atoms. The molecule has 0 bridgehead atoms. The largest absolute Gasteiger partial charge is 0.477 e. The van der Waals surface area contributed by atoms with Gasteiger partial charge in [0.05, 0.1) is 12.1 Å². The summed E-state index contributed by atoms with van der Waals surface area (Å²) in [6, 6.07) is 7.33. The van der Waals surface area contributed by atoms with Gasteiger partial charge in [-0.05, 0) is 6.07 Å². The number of nitrogens with one attached hydrogen (secondary N) is 1. The minimum Gasteiger partial charge on any atom is -0.477 e. The van der Waals surface area contributed by atoms with Crippen LogP contribution in [-0.4, -0.2) is 22.6 Å². The molecule has 0 saturated carbocycles. The Kier molecular flexibility index (Phi) is 2.63. The Hall–Kier alpha value is -2.25. The van der Waals surface area contributed by atoms with Gasteiger partial charge >= 0.3 is 5.97 Å². The third-order valence-electron chi connectivity index (χ3n) is 2.24. The minimum absolute atomic E-state index is 0.113. The molecule has 1 aromatic carbocycles. The van der Waals surface area contributed by atoms with Crippen molar-refractivity contribution in [1.82, 2.24) is 4.98 Å². The van der Waals surface area contributed by atoms with Crippen LogP contribution in [0.15, 0.2) is 24.3 Å². The summed E-state index contributed by atoms with van der Waals surface area (Å²) in [5.41, 5.74) is 6.66. The number of aromatic amines is 1. The smallest absolute Gasteiger partial charge is 0.353 e. The van der Waals surface area contributed by atoms with Gasteiger partial charge in [0.2, 0.25) is 0 Å². The van der Waals surface area contributed by atoms with Crippen molar-refractivity contribution in [1.29, 1.82) is 0 Å². The third-order valence-corrected chi connectivity index (χ3v) is 2.24. The molecule has 0 aliphatic rings. The fourth-order valence-corrected chi connectivity index (χ4v) is 1.57. The van der Waals surface area contributed by atoms with Crippen molar-refractivity contribution in [3.8, 4) is 11.8 Å². The fraction of sp³-hybridized carbons (Fsp3) is 0.0833. The summed E-state index contributed by atoms with van der Waals surface area (Å²) in [6.45, 7) is 0.207. The van der Waals surface area contributed by atoms with Crippen LogP contribution in [0.1, 0.15) is 16.1 Å². The third kappa shape index (κ3) is 1.64. The maximum absolute atomic E-state index is 11.0. The van der Waals surface area contributed by atoms with Crippen LogP contribution in [-0.2, 0) is 0 Å².